The molecule has 1 rings (SSSR count). The molecule has 0 saturated carbocycles. The molecule has 2 unspecified atom stereocenters. The molecule has 0 aromatic carbocycles. The largest absolute Gasteiger partial charge is 0.381 e. The van der Waals surface area contributed by atoms with Crippen LogP contribution in [-0.4, -0.2) is 36.7 Å². The van der Waals surface area contributed by atoms with Gasteiger partial charge in [-0.05, 0) is 39.0 Å². The summed E-state index contributed by atoms with van der Waals surface area (Å²) in [6, 6.07) is 1.43. The minimum atomic E-state index is 0.670. The Morgan fingerprint density at radius 2 is 1.93 bits per heavy atom. The minimum Gasteiger partial charge on any atom is -0.381 e. The van der Waals surface area contributed by atoms with Gasteiger partial charge in [-0.15, -0.1) is 0 Å². The van der Waals surface area contributed by atoms with Crippen LogP contribution in [0, 0.1) is 11.8 Å². The molecule has 2 atom stereocenters. The fourth-order valence-electron chi connectivity index (χ4n) is 2.64. The van der Waals surface area contributed by atoms with Crippen LogP contribution in [0.2, 0.25) is 0 Å². The van der Waals surface area contributed by atoms with Crippen molar-refractivity contribution < 1.29 is 4.74 Å². The maximum atomic E-state index is 5.55. The van der Waals surface area contributed by atoms with Gasteiger partial charge in [0.2, 0.25) is 0 Å². The summed E-state index contributed by atoms with van der Waals surface area (Å²) in [4.78, 5) is 2.65. The molecule has 0 bridgehead atoms. The van der Waals surface area contributed by atoms with E-state index in [1.807, 2.05) is 0 Å². The Balaban J connectivity index is 2.49. The van der Waals surface area contributed by atoms with Crippen LogP contribution in [0.15, 0.2) is 0 Å². The standard InChI is InChI=1S/C13H27NO/c1-6-15-9-12-7-13(10(2)3)14(8-12)11(4)5/h10-13H,6-9H2,1-5H3. The lowest BCUT2D eigenvalue weighted by Crippen LogP contribution is -2.38. The predicted octanol–water partition coefficient (Wildman–Crippen LogP) is 2.78. The Morgan fingerprint density at radius 1 is 1.27 bits per heavy atom. The fraction of sp³-hybridized carbons (Fsp3) is 1.00. The smallest absolute Gasteiger partial charge is 0.0506 e. The van der Waals surface area contributed by atoms with E-state index < -0.39 is 0 Å². The quantitative estimate of drug-likeness (QED) is 0.696. The summed E-state index contributed by atoms with van der Waals surface area (Å²) in [5, 5.41) is 0. The average molecular weight is 213 g/mol. The molecule has 0 aromatic heterocycles. The molecule has 2 heteroatoms. The van der Waals surface area contributed by atoms with E-state index >= 15 is 0 Å². The van der Waals surface area contributed by atoms with Gasteiger partial charge in [0.1, 0.15) is 0 Å². The zero-order chi connectivity index (χ0) is 11.4. The highest BCUT2D eigenvalue weighted by atomic mass is 16.5. The first-order chi connectivity index (χ1) is 7.06. The van der Waals surface area contributed by atoms with Gasteiger partial charge >= 0.3 is 0 Å². The third kappa shape index (κ3) is 3.46. The van der Waals surface area contributed by atoms with E-state index in [4.69, 9.17) is 4.74 Å². The third-order valence-electron chi connectivity index (χ3n) is 3.46. The van der Waals surface area contributed by atoms with Crippen LogP contribution in [0.4, 0.5) is 0 Å². The molecule has 0 aliphatic carbocycles. The molecule has 0 aromatic rings. The second kappa shape index (κ2) is 5.86. The SMILES string of the molecule is CCOCC1CC(C(C)C)N(C(C)C)C1. The molecule has 1 aliphatic heterocycles. The van der Waals surface area contributed by atoms with Crippen molar-refractivity contribution in [2.45, 2.75) is 53.1 Å². The van der Waals surface area contributed by atoms with Crippen LogP contribution in [-0.2, 0) is 4.74 Å². The lowest BCUT2D eigenvalue weighted by molar-refractivity contribution is 0.109. The van der Waals surface area contributed by atoms with Crippen LogP contribution in [0.1, 0.15) is 41.0 Å². The van der Waals surface area contributed by atoms with Crippen molar-refractivity contribution in [3.63, 3.8) is 0 Å². The topological polar surface area (TPSA) is 12.5 Å². The van der Waals surface area contributed by atoms with E-state index in [0.29, 0.717) is 6.04 Å². The Labute approximate surface area is 95.0 Å². The first-order valence-electron chi connectivity index (χ1n) is 6.39. The number of nitrogens with zero attached hydrogens (tertiary/aromatic N) is 1. The summed E-state index contributed by atoms with van der Waals surface area (Å²) in [7, 11) is 0. The van der Waals surface area contributed by atoms with Crippen molar-refractivity contribution in [1.29, 1.82) is 0 Å². The van der Waals surface area contributed by atoms with E-state index in [0.717, 1.165) is 31.1 Å². The fourth-order valence-corrected chi connectivity index (χ4v) is 2.64. The maximum absolute atomic E-state index is 5.55. The third-order valence-corrected chi connectivity index (χ3v) is 3.46. The van der Waals surface area contributed by atoms with Crippen molar-refractivity contribution in [3.8, 4) is 0 Å². The van der Waals surface area contributed by atoms with Crippen molar-refractivity contribution in [2.75, 3.05) is 19.8 Å². The molecule has 1 saturated heterocycles. The second-order valence-corrected chi connectivity index (χ2v) is 5.36. The zero-order valence-electron chi connectivity index (χ0n) is 11.0. The van der Waals surface area contributed by atoms with E-state index in [1.165, 1.54) is 13.0 Å². The summed E-state index contributed by atoms with van der Waals surface area (Å²) >= 11 is 0. The van der Waals surface area contributed by atoms with E-state index in [9.17, 15) is 0 Å². The van der Waals surface area contributed by atoms with Crippen LogP contribution < -0.4 is 0 Å². The van der Waals surface area contributed by atoms with Gasteiger partial charge in [0.25, 0.3) is 0 Å². The van der Waals surface area contributed by atoms with Gasteiger partial charge < -0.3 is 4.74 Å². The molecular formula is C13H27NO. The molecule has 0 amide bonds. The van der Waals surface area contributed by atoms with Gasteiger partial charge in [-0.25, -0.2) is 0 Å². The van der Waals surface area contributed by atoms with Crippen molar-refractivity contribution >= 4 is 0 Å². The first kappa shape index (κ1) is 13.0. The highest BCUT2D eigenvalue weighted by Crippen LogP contribution is 2.30. The van der Waals surface area contributed by atoms with Crippen LogP contribution in [0.25, 0.3) is 0 Å². The monoisotopic (exact) mass is 213 g/mol. The zero-order valence-corrected chi connectivity index (χ0v) is 11.0. The summed E-state index contributed by atoms with van der Waals surface area (Å²) < 4.78 is 5.55. The number of hydrogen-bond donors (Lipinski definition) is 0. The lowest BCUT2D eigenvalue weighted by atomic mass is 9.97. The molecule has 1 fully saturated rings. The highest BCUT2D eigenvalue weighted by molar-refractivity contribution is 4.88. The normalized spacial score (nSPS) is 28.2. The van der Waals surface area contributed by atoms with Gasteiger partial charge in [-0.3, -0.25) is 4.90 Å². The number of rotatable bonds is 5. The summed E-state index contributed by atoms with van der Waals surface area (Å²) in [5.74, 6) is 1.51. The predicted molar refractivity (Wildman–Crippen MR) is 65.1 cm³/mol. The van der Waals surface area contributed by atoms with Crippen molar-refractivity contribution in [2.24, 2.45) is 11.8 Å². The first-order valence-corrected chi connectivity index (χ1v) is 6.39. The van der Waals surface area contributed by atoms with Crippen LogP contribution >= 0.6 is 0 Å². The Morgan fingerprint density at radius 3 is 2.33 bits per heavy atom. The average Bonchev–Trinajstić information content (AvgIpc) is 2.58. The maximum Gasteiger partial charge on any atom is 0.0506 e. The number of ether oxygens (including phenoxy) is 1. The summed E-state index contributed by atoms with van der Waals surface area (Å²) in [6.45, 7) is 14.4. The Hall–Kier alpha value is -0.0800. The molecular weight excluding hydrogens is 186 g/mol. The molecule has 2 nitrogen and oxygen atoms in total. The Bertz CT molecular complexity index is 163. The van der Waals surface area contributed by atoms with Gasteiger partial charge in [0.15, 0.2) is 0 Å². The molecule has 0 radical (unpaired) electrons. The highest BCUT2D eigenvalue weighted by Gasteiger charge is 2.34. The number of likely N-dealkylation sites (tertiary alicyclic amines) is 1. The second-order valence-electron chi connectivity index (χ2n) is 5.36. The molecule has 1 aliphatic rings. The minimum absolute atomic E-state index is 0.670. The van der Waals surface area contributed by atoms with Gasteiger partial charge in [-0.2, -0.15) is 0 Å². The number of hydrogen-bond acceptors (Lipinski definition) is 2. The van der Waals surface area contributed by atoms with Crippen molar-refractivity contribution in [1.82, 2.24) is 4.90 Å². The van der Waals surface area contributed by atoms with Crippen molar-refractivity contribution in [3.05, 3.63) is 0 Å². The Kier molecular flexibility index (Phi) is 5.07. The molecule has 15 heavy (non-hydrogen) atoms. The molecule has 0 spiro atoms. The van der Waals surface area contributed by atoms with Crippen LogP contribution in [0.5, 0.6) is 0 Å². The lowest BCUT2D eigenvalue weighted by Gasteiger charge is -2.30. The summed E-state index contributed by atoms with van der Waals surface area (Å²) in [5.41, 5.74) is 0. The van der Waals surface area contributed by atoms with E-state index in [1.54, 1.807) is 0 Å². The van der Waals surface area contributed by atoms with E-state index in [-0.39, 0.29) is 0 Å². The van der Waals surface area contributed by atoms with Gasteiger partial charge in [-0.1, -0.05) is 13.8 Å². The summed E-state index contributed by atoms with van der Waals surface area (Å²) in [6.07, 6.45) is 1.32. The molecule has 1 heterocycles. The van der Waals surface area contributed by atoms with E-state index in [2.05, 4.69) is 39.5 Å². The molecule has 90 valence electrons. The van der Waals surface area contributed by atoms with Crippen LogP contribution in [0.3, 0.4) is 0 Å². The van der Waals surface area contributed by atoms with Gasteiger partial charge in [0, 0.05) is 25.2 Å². The molecule has 0 N–H and O–H groups in total. The van der Waals surface area contributed by atoms with Gasteiger partial charge in [0.05, 0.1) is 6.61 Å².